The molecule has 2 unspecified atom stereocenters. The summed E-state index contributed by atoms with van der Waals surface area (Å²) in [7, 11) is 1.67. The highest BCUT2D eigenvalue weighted by Crippen LogP contribution is 2.13. The van der Waals surface area contributed by atoms with Gasteiger partial charge < -0.3 is 16.2 Å². The highest BCUT2D eigenvalue weighted by atomic mass is 16.4. The predicted octanol–water partition coefficient (Wildman–Crippen LogP) is -0.246. The van der Waals surface area contributed by atoms with Crippen molar-refractivity contribution >= 4 is 5.97 Å². The average molecular weight is 195 g/mol. The first-order valence-corrected chi connectivity index (χ1v) is 4.22. The van der Waals surface area contributed by atoms with Crippen molar-refractivity contribution in [3.63, 3.8) is 0 Å². The number of nitrogens with two attached hydrogens (primary N) is 1. The van der Waals surface area contributed by atoms with Crippen LogP contribution in [0.15, 0.2) is 24.5 Å². The highest BCUT2D eigenvalue weighted by molar-refractivity contribution is 5.74. The van der Waals surface area contributed by atoms with Crippen molar-refractivity contribution < 1.29 is 9.90 Å². The van der Waals surface area contributed by atoms with Gasteiger partial charge in [0.2, 0.25) is 0 Å². The zero-order valence-corrected chi connectivity index (χ0v) is 7.84. The van der Waals surface area contributed by atoms with Crippen LogP contribution in [0.1, 0.15) is 11.6 Å². The highest BCUT2D eigenvalue weighted by Gasteiger charge is 2.24. The maximum absolute atomic E-state index is 10.7. The summed E-state index contributed by atoms with van der Waals surface area (Å²) in [5.74, 6) is -1.03. The van der Waals surface area contributed by atoms with Gasteiger partial charge in [-0.2, -0.15) is 0 Å². The number of aliphatic carboxylic acids is 1. The van der Waals surface area contributed by atoms with Crippen molar-refractivity contribution in [1.82, 2.24) is 10.3 Å². The van der Waals surface area contributed by atoms with E-state index in [-0.39, 0.29) is 0 Å². The first-order chi connectivity index (χ1) is 6.66. The molecule has 1 rings (SSSR count). The molecule has 14 heavy (non-hydrogen) atoms. The second-order valence-electron chi connectivity index (χ2n) is 2.92. The molecule has 0 amide bonds. The molecule has 0 bridgehead atoms. The molecule has 0 aliphatic heterocycles. The summed E-state index contributed by atoms with van der Waals surface area (Å²) in [6.45, 7) is 0. The Morgan fingerprint density at radius 3 is 2.86 bits per heavy atom. The Hall–Kier alpha value is -1.46. The van der Waals surface area contributed by atoms with E-state index in [1.54, 1.807) is 31.6 Å². The van der Waals surface area contributed by atoms with Crippen molar-refractivity contribution in [2.45, 2.75) is 12.1 Å². The van der Waals surface area contributed by atoms with Crippen LogP contribution in [-0.2, 0) is 4.79 Å². The van der Waals surface area contributed by atoms with Crippen LogP contribution in [0.25, 0.3) is 0 Å². The molecule has 5 heteroatoms. The smallest absolute Gasteiger partial charge is 0.322 e. The molecular weight excluding hydrogens is 182 g/mol. The van der Waals surface area contributed by atoms with Crippen molar-refractivity contribution in [1.29, 1.82) is 0 Å². The van der Waals surface area contributed by atoms with Gasteiger partial charge in [-0.25, -0.2) is 0 Å². The number of likely N-dealkylation sites (N-methyl/N-ethyl adjacent to an activating group) is 1. The summed E-state index contributed by atoms with van der Waals surface area (Å²) in [5.41, 5.74) is 6.28. The van der Waals surface area contributed by atoms with Gasteiger partial charge in [0, 0.05) is 12.4 Å². The molecule has 2 atom stereocenters. The zero-order chi connectivity index (χ0) is 10.6. The van der Waals surface area contributed by atoms with E-state index in [1.165, 1.54) is 0 Å². The number of hydrogen-bond donors (Lipinski definition) is 3. The second-order valence-corrected chi connectivity index (χ2v) is 2.92. The predicted molar refractivity (Wildman–Crippen MR) is 51.6 cm³/mol. The number of hydrogen-bond acceptors (Lipinski definition) is 4. The number of nitrogens with one attached hydrogen (secondary N) is 1. The monoisotopic (exact) mass is 195 g/mol. The molecule has 0 spiro atoms. The van der Waals surface area contributed by atoms with E-state index < -0.39 is 18.1 Å². The number of rotatable bonds is 4. The van der Waals surface area contributed by atoms with E-state index in [0.29, 0.717) is 0 Å². The van der Waals surface area contributed by atoms with Gasteiger partial charge in [-0.05, 0) is 18.7 Å². The summed E-state index contributed by atoms with van der Waals surface area (Å²) >= 11 is 0. The molecule has 0 radical (unpaired) electrons. The molecule has 4 N–H and O–H groups in total. The van der Waals surface area contributed by atoms with Crippen LogP contribution in [0.2, 0.25) is 0 Å². The van der Waals surface area contributed by atoms with Crippen LogP contribution in [0.3, 0.4) is 0 Å². The van der Waals surface area contributed by atoms with Gasteiger partial charge in [0.25, 0.3) is 0 Å². The molecule has 1 heterocycles. The van der Waals surface area contributed by atoms with Gasteiger partial charge in [-0.1, -0.05) is 6.07 Å². The van der Waals surface area contributed by atoms with Gasteiger partial charge in [0.1, 0.15) is 6.04 Å². The van der Waals surface area contributed by atoms with Crippen LogP contribution in [0.4, 0.5) is 0 Å². The lowest BCUT2D eigenvalue weighted by Crippen LogP contribution is -2.42. The fourth-order valence-corrected chi connectivity index (χ4v) is 1.26. The van der Waals surface area contributed by atoms with E-state index in [4.69, 9.17) is 10.8 Å². The largest absolute Gasteiger partial charge is 0.480 e. The van der Waals surface area contributed by atoms with Crippen molar-refractivity contribution in [2.24, 2.45) is 5.73 Å². The molecule has 76 valence electrons. The number of aromatic nitrogens is 1. The standard InChI is InChI=1S/C9H13N3O2/c1-11-8(7(10)9(13)14)6-3-2-4-12-5-6/h2-5,7-8,11H,10H2,1H3,(H,13,14). The fourth-order valence-electron chi connectivity index (χ4n) is 1.26. The lowest BCUT2D eigenvalue weighted by molar-refractivity contribution is -0.139. The summed E-state index contributed by atoms with van der Waals surface area (Å²) < 4.78 is 0. The fraction of sp³-hybridized carbons (Fsp3) is 0.333. The lowest BCUT2D eigenvalue weighted by atomic mass is 10.0. The number of carbonyl (C=O) groups is 1. The SMILES string of the molecule is CNC(c1cccnc1)C(N)C(=O)O. The number of pyridine rings is 1. The third-order valence-corrected chi connectivity index (χ3v) is 2.00. The Morgan fingerprint density at radius 1 is 1.71 bits per heavy atom. The summed E-state index contributed by atoms with van der Waals surface area (Å²) in [6.07, 6.45) is 3.23. The van der Waals surface area contributed by atoms with Crippen molar-refractivity contribution in [3.8, 4) is 0 Å². The second kappa shape index (κ2) is 4.69. The molecule has 1 aromatic rings. The molecule has 0 fully saturated rings. The van der Waals surface area contributed by atoms with Crippen LogP contribution in [0.5, 0.6) is 0 Å². The molecular formula is C9H13N3O2. The maximum Gasteiger partial charge on any atom is 0.322 e. The van der Waals surface area contributed by atoms with Gasteiger partial charge >= 0.3 is 5.97 Å². The Labute approximate surface area is 82.0 Å². The van der Waals surface area contributed by atoms with Crippen LogP contribution in [0, 0.1) is 0 Å². The molecule has 0 saturated carbocycles. The van der Waals surface area contributed by atoms with Crippen LogP contribution in [-0.4, -0.2) is 29.1 Å². The van der Waals surface area contributed by atoms with Gasteiger partial charge in [0.05, 0.1) is 6.04 Å². The molecule has 0 aliphatic carbocycles. The minimum atomic E-state index is -1.03. The normalized spacial score (nSPS) is 14.7. The first-order valence-electron chi connectivity index (χ1n) is 4.22. The van der Waals surface area contributed by atoms with Gasteiger partial charge in [0.15, 0.2) is 0 Å². The van der Waals surface area contributed by atoms with Gasteiger partial charge in [-0.15, -0.1) is 0 Å². The number of nitrogens with zero attached hydrogens (tertiary/aromatic N) is 1. The lowest BCUT2D eigenvalue weighted by Gasteiger charge is -2.19. The van der Waals surface area contributed by atoms with Crippen LogP contribution < -0.4 is 11.1 Å². The third-order valence-electron chi connectivity index (χ3n) is 2.00. The van der Waals surface area contributed by atoms with Gasteiger partial charge in [-0.3, -0.25) is 9.78 Å². The van der Waals surface area contributed by atoms with E-state index in [9.17, 15) is 4.79 Å². The van der Waals surface area contributed by atoms with Crippen LogP contribution >= 0.6 is 0 Å². The van der Waals surface area contributed by atoms with E-state index >= 15 is 0 Å². The Morgan fingerprint density at radius 2 is 2.43 bits per heavy atom. The maximum atomic E-state index is 10.7. The summed E-state index contributed by atoms with van der Waals surface area (Å²) in [5, 5.41) is 11.6. The third kappa shape index (κ3) is 2.27. The molecule has 0 aliphatic rings. The molecule has 0 saturated heterocycles. The molecule has 0 aromatic carbocycles. The number of carboxylic acid groups (broad SMARTS) is 1. The Bertz CT molecular complexity index is 302. The first kappa shape index (κ1) is 10.6. The van der Waals surface area contributed by atoms with E-state index in [2.05, 4.69) is 10.3 Å². The topological polar surface area (TPSA) is 88.2 Å². The van der Waals surface area contributed by atoms with E-state index in [0.717, 1.165) is 5.56 Å². The zero-order valence-electron chi connectivity index (χ0n) is 7.84. The number of carboxylic acids is 1. The van der Waals surface area contributed by atoms with Crippen molar-refractivity contribution in [3.05, 3.63) is 30.1 Å². The average Bonchev–Trinajstić information content (AvgIpc) is 2.20. The summed E-state index contributed by atoms with van der Waals surface area (Å²) in [6, 6.07) is 2.15. The molecule has 5 nitrogen and oxygen atoms in total. The Balaban J connectivity index is 2.87. The van der Waals surface area contributed by atoms with E-state index in [1.807, 2.05) is 0 Å². The Kier molecular flexibility index (Phi) is 3.55. The summed E-state index contributed by atoms with van der Waals surface area (Å²) in [4.78, 5) is 14.6. The minimum absolute atomic E-state index is 0.416. The quantitative estimate of drug-likeness (QED) is 0.616. The van der Waals surface area contributed by atoms with Crippen molar-refractivity contribution in [2.75, 3.05) is 7.05 Å². The minimum Gasteiger partial charge on any atom is -0.480 e. The molecule has 1 aromatic heterocycles.